The molecule has 4 rings (SSSR count). The van der Waals surface area contributed by atoms with E-state index < -0.39 is 0 Å². The molecule has 1 N–H and O–H groups in total. The third-order valence-electron chi connectivity index (χ3n) is 4.33. The highest BCUT2D eigenvalue weighted by Gasteiger charge is 2.15. The van der Waals surface area contributed by atoms with Crippen LogP contribution in [-0.4, -0.2) is 24.2 Å². The lowest BCUT2D eigenvalue weighted by molar-refractivity contribution is 0.355. The number of benzene rings is 2. The molecule has 0 saturated heterocycles. The van der Waals surface area contributed by atoms with E-state index in [9.17, 15) is 4.79 Å². The fourth-order valence-corrected chi connectivity index (χ4v) is 4.19. The van der Waals surface area contributed by atoms with Gasteiger partial charge in [0.25, 0.3) is 5.56 Å². The maximum absolute atomic E-state index is 12.9. The summed E-state index contributed by atoms with van der Waals surface area (Å²) < 4.78 is 10.6. The van der Waals surface area contributed by atoms with Gasteiger partial charge in [0, 0.05) is 16.5 Å². The minimum atomic E-state index is -0.225. The highest BCUT2D eigenvalue weighted by Crippen LogP contribution is 2.36. The van der Waals surface area contributed by atoms with Gasteiger partial charge in [0.1, 0.15) is 10.7 Å². The van der Waals surface area contributed by atoms with Gasteiger partial charge in [-0.1, -0.05) is 29.3 Å². The summed E-state index contributed by atoms with van der Waals surface area (Å²) in [4.78, 5) is 21.0. The normalized spacial score (nSPS) is 11.0. The quantitative estimate of drug-likeness (QED) is 0.452. The largest absolute Gasteiger partial charge is 0.493 e. The van der Waals surface area contributed by atoms with Crippen molar-refractivity contribution in [2.24, 2.45) is 0 Å². The number of hydrogen-bond acceptors (Lipinski definition) is 5. The third kappa shape index (κ3) is 3.24. The summed E-state index contributed by atoms with van der Waals surface area (Å²) in [6.45, 7) is 0. The van der Waals surface area contributed by atoms with Crippen molar-refractivity contribution in [3.8, 4) is 34.0 Å². The number of halogens is 2. The van der Waals surface area contributed by atoms with Crippen LogP contribution in [0.3, 0.4) is 0 Å². The molecule has 2 aromatic heterocycles. The van der Waals surface area contributed by atoms with Gasteiger partial charge in [-0.15, -0.1) is 11.3 Å². The van der Waals surface area contributed by atoms with E-state index in [1.165, 1.54) is 11.3 Å². The van der Waals surface area contributed by atoms with E-state index in [1.807, 2.05) is 17.5 Å². The summed E-state index contributed by atoms with van der Waals surface area (Å²) in [6, 6.07) is 10.6. The molecule has 0 atom stereocenters. The Kier molecular flexibility index (Phi) is 5.02. The van der Waals surface area contributed by atoms with Crippen LogP contribution in [0.25, 0.3) is 32.7 Å². The zero-order valence-corrected chi connectivity index (χ0v) is 17.2. The molecule has 2 aromatic carbocycles. The molecule has 4 aromatic rings. The molecular weight excluding hydrogens is 419 g/mol. The van der Waals surface area contributed by atoms with Crippen LogP contribution in [0.5, 0.6) is 11.5 Å². The van der Waals surface area contributed by atoms with Gasteiger partial charge in [-0.25, -0.2) is 4.98 Å². The number of aromatic nitrogens is 2. The van der Waals surface area contributed by atoms with Gasteiger partial charge in [-0.2, -0.15) is 0 Å². The molecule has 0 aliphatic rings. The Balaban J connectivity index is 1.85. The highest BCUT2D eigenvalue weighted by molar-refractivity contribution is 7.17. The molecule has 142 valence electrons. The molecule has 0 aliphatic heterocycles. The van der Waals surface area contributed by atoms with Gasteiger partial charge in [-0.3, -0.25) is 4.79 Å². The number of methoxy groups -OCH3 is 2. The van der Waals surface area contributed by atoms with E-state index >= 15 is 0 Å². The first kappa shape index (κ1) is 18.8. The smallest absolute Gasteiger partial charge is 0.260 e. The molecule has 8 heteroatoms. The zero-order valence-electron chi connectivity index (χ0n) is 14.9. The molecule has 28 heavy (non-hydrogen) atoms. The fraction of sp³-hybridized carbons (Fsp3) is 0.100. The fourth-order valence-electron chi connectivity index (χ4n) is 2.95. The Morgan fingerprint density at radius 2 is 1.71 bits per heavy atom. The highest BCUT2D eigenvalue weighted by atomic mass is 35.5. The van der Waals surface area contributed by atoms with Crippen molar-refractivity contribution in [2.45, 2.75) is 0 Å². The summed E-state index contributed by atoms with van der Waals surface area (Å²) in [7, 11) is 3.13. The van der Waals surface area contributed by atoms with Crippen LogP contribution in [0.4, 0.5) is 0 Å². The predicted molar refractivity (Wildman–Crippen MR) is 114 cm³/mol. The lowest BCUT2D eigenvalue weighted by Crippen LogP contribution is -2.09. The van der Waals surface area contributed by atoms with Crippen molar-refractivity contribution in [1.29, 1.82) is 0 Å². The van der Waals surface area contributed by atoms with E-state index in [1.54, 1.807) is 38.5 Å². The number of ether oxygens (including phenoxy) is 2. The average Bonchev–Trinajstić information content (AvgIpc) is 3.14. The summed E-state index contributed by atoms with van der Waals surface area (Å²) in [5.74, 6) is 1.62. The van der Waals surface area contributed by atoms with E-state index in [2.05, 4.69) is 9.97 Å². The first-order valence-corrected chi connectivity index (χ1v) is 9.84. The third-order valence-corrected chi connectivity index (χ3v) is 5.94. The number of nitrogens with one attached hydrogen (secondary N) is 1. The zero-order chi connectivity index (χ0) is 19.8. The lowest BCUT2D eigenvalue weighted by Gasteiger charge is -2.09. The second-order valence-corrected chi connectivity index (χ2v) is 7.62. The summed E-state index contributed by atoms with van der Waals surface area (Å²) in [5.41, 5.74) is 2.08. The minimum absolute atomic E-state index is 0.225. The van der Waals surface area contributed by atoms with Gasteiger partial charge >= 0.3 is 0 Å². The maximum Gasteiger partial charge on any atom is 0.260 e. The van der Waals surface area contributed by atoms with Crippen molar-refractivity contribution in [3.05, 3.63) is 62.2 Å². The van der Waals surface area contributed by atoms with Gasteiger partial charge in [-0.05, 0) is 35.9 Å². The first-order chi connectivity index (χ1) is 13.5. The van der Waals surface area contributed by atoms with Crippen molar-refractivity contribution < 1.29 is 9.47 Å². The molecular formula is C20H14Cl2N2O3S. The van der Waals surface area contributed by atoms with Crippen LogP contribution < -0.4 is 15.0 Å². The molecule has 0 spiro atoms. The van der Waals surface area contributed by atoms with Crippen LogP contribution in [0.2, 0.25) is 10.0 Å². The number of aromatic amines is 1. The molecule has 0 radical (unpaired) electrons. The minimum Gasteiger partial charge on any atom is -0.493 e. The van der Waals surface area contributed by atoms with Gasteiger partial charge in [0.2, 0.25) is 0 Å². The maximum atomic E-state index is 12.9. The van der Waals surface area contributed by atoms with E-state index in [0.29, 0.717) is 37.6 Å². The number of fused-ring (bicyclic) bond motifs is 1. The SMILES string of the molecule is COc1ccc(-c2nc3scc(-c4ccc(Cl)c(Cl)c4)c3c(=O)[nH]2)cc1OC. The van der Waals surface area contributed by atoms with Crippen molar-refractivity contribution in [1.82, 2.24) is 9.97 Å². The van der Waals surface area contributed by atoms with Gasteiger partial charge < -0.3 is 14.5 Å². The molecule has 0 amide bonds. The first-order valence-electron chi connectivity index (χ1n) is 8.21. The van der Waals surface area contributed by atoms with Gasteiger partial charge in [0.15, 0.2) is 11.5 Å². The van der Waals surface area contributed by atoms with Crippen LogP contribution >= 0.6 is 34.5 Å². The Bertz CT molecular complexity index is 1250. The second-order valence-electron chi connectivity index (χ2n) is 5.94. The monoisotopic (exact) mass is 432 g/mol. The Morgan fingerprint density at radius 1 is 0.964 bits per heavy atom. The predicted octanol–water partition coefficient (Wildman–Crippen LogP) is 5.64. The number of hydrogen-bond donors (Lipinski definition) is 1. The van der Waals surface area contributed by atoms with Crippen molar-refractivity contribution in [3.63, 3.8) is 0 Å². The Morgan fingerprint density at radius 3 is 2.43 bits per heavy atom. The molecule has 0 unspecified atom stereocenters. The van der Waals surface area contributed by atoms with Crippen LogP contribution in [0, 0.1) is 0 Å². The molecule has 0 fully saturated rings. The summed E-state index contributed by atoms with van der Waals surface area (Å²) >= 11 is 13.5. The number of H-pyrrole nitrogens is 1. The molecule has 5 nitrogen and oxygen atoms in total. The lowest BCUT2D eigenvalue weighted by atomic mass is 10.1. The number of thiophene rings is 1. The Hall–Kier alpha value is -2.54. The van der Waals surface area contributed by atoms with Crippen LogP contribution in [0.1, 0.15) is 0 Å². The average molecular weight is 433 g/mol. The van der Waals surface area contributed by atoms with E-state index in [0.717, 1.165) is 16.7 Å². The Labute approximate surface area is 174 Å². The van der Waals surface area contributed by atoms with E-state index in [-0.39, 0.29) is 5.56 Å². The molecule has 2 heterocycles. The molecule has 0 aliphatic carbocycles. The summed E-state index contributed by atoms with van der Waals surface area (Å²) in [5, 5.41) is 3.32. The summed E-state index contributed by atoms with van der Waals surface area (Å²) in [6.07, 6.45) is 0. The molecule has 0 saturated carbocycles. The number of nitrogens with zero attached hydrogens (tertiary/aromatic N) is 1. The van der Waals surface area contributed by atoms with Gasteiger partial charge in [0.05, 0.1) is 29.7 Å². The second kappa shape index (κ2) is 7.47. The topological polar surface area (TPSA) is 64.2 Å². The van der Waals surface area contributed by atoms with Crippen molar-refractivity contribution in [2.75, 3.05) is 14.2 Å². The standard InChI is InChI=1S/C20H14Cl2N2O3S/c1-26-15-6-4-11(8-16(15)27-2)18-23-19(25)17-12(9-28-20(17)24-18)10-3-5-13(21)14(22)7-10/h3-9H,1-2H3,(H,23,24,25). The molecule has 0 bridgehead atoms. The van der Waals surface area contributed by atoms with Crippen LogP contribution in [0.15, 0.2) is 46.6 Å². The van der Waals surface area contributed by atoms with E-state index in [4.69, 9.17) is 32.7 Å². The van der Waals surface area contributed by atoms with Crippen molar-refractivity contribution >= 4 is 44.8 Å². The number of rotatable bonds is 4. The van der Waals surface area contributed by atoms with Crippen LogP contribution in [-0.2, 0) is 0 Å².